The molecule has 1 aliphatic rings. The molecule has 0 bridgehead atoms. The van der Waals surface area contributed by atoms with Crippen molar-refractivity contribution in [1.82, 2.24) is 24.5 Å². The van der Waals surface area contributed by atoms with E-state index in [2.05, 4.69) is 28.5 Å². The van der Waals surface area contributed by atoms with E-state index in [9.17, 15) is 4.79 Å². The second-order valence-electron chi connectivity index (χ2n) is 7.68. The van der Waals surface area contributed by atoms with E-state index in [0.717, 1.165) is 54.1 Å². The fourth-order valence-corrected chi connectivity index (χ4v) is 4.83. The Hall–Kier alpha value is -3.39. The minimum atomic E-state index is -0.0832. The van der Waals surface area contributed by atoms with Crippen LogP contribution in [-0.4, -0.2) is 36.2 Å². The Balaban J connectivity index is 1.34. The van der Waals surface area contributed by atoms with Crippen molar-refractivity contribution in [3.63, 3.8) is 0 Å². The second kappa shape index (κ2) is 9.00. The molecule has 2 heterocycles. The number of benzene rings is 2. The number of rotatable bonds is 7. The molecule has 0 radical (unpaired) electrons. The number of hydrogen-bond acceptors (Lipinski definition) is 5. The summed E-state index contributed by atoms with van der Waals surface area (Å²) in [6, 6.07) is 18.1. The highest BCUT2D eigenvalue weighted by Crippen LogP contribution is 2.31. The van der Waals surface area contributed by atoms with Gasteiger partial charge in [-0.25, -0.2) is 4.68 Å². The normalized spacial score (nSPS) is 12.7. The maximum Gasteiger partial charge on any atom is 0.236 e. The molecule has 32 heavy (non-hydrogen) atoms. The first-order chi connectivity index (χ1) is 15.7. The molecule has 4 aromatic rings. The van der Waals surface area contributed by atoms with Gasteiger partial charge in [-0.3, -0.25) is 9.36 Å². The van der Waals surface area contributed by atoms with E-state index in [1.165, 1.54) is 17.3 Å². The Labute approximate surface area is 190 Å². The molecule has 1 N–H and O–H groups in total. The van der Waals surface area contributed by atoms with Gasteiger partial charge < -0.3 is 5.32 Å². The Bertz CT molecular complexity index is 1250. The van der Waals surface area contributed by atoms with Gasteiger partial charge >= 0.3 is 0 Å². The number of carbonyl (C=O) groups excluding carboxylic acids is 1. The Morgan fingerprint density at radius 2 is 1.91 bits per heavy atom. The Morgan fingerprint density at radius 1 is 1.09 bits per heavy atom. The van der Waals surface area contributed by atoms with Crippen LogP contribution in [0.2, 0.25) is 0 Å². The molecular weight excluding hydrogens is 420 g/mol. The quantitative estimate of drug-likeness (QED) is 0.432. The summed E-state index contributed by atoms with van der Waals surface area (Å²) >= 11 is 1.38. The van der Waals surface area contributed by atoms with Gasteiger partial charge in [0.2, 0.25) is 5.91 Å². The van der Waals surface area contributed by atoms with Crippen LogP contribution in [0.25, 0.3) is 11.4 Å². The number of para-hydroxylation sites is 2. The molecule has 2 aromatic heterocycles. The van der Waals surface area contributed by atoms with E-state index in [4.69, 9.17) is 5.10 Å². The third-order valence-electron chi connectivity index (χ3n) is 5.65. The van der Waals surface area contributed by atoms with Gasteiger partial charge in [-0.05, 0) is 49.4 Å². The Morgan fingerprint density at radius 3 is 2.75 bits per heavy atom. The standard InChI is InChI=1S/C24H24N6OS/c1-2-17-9-6-7-14-21(17)29-16-25-27-24(29)32-15-22(31)26-23-19-12-8-13-20(19)28-30(23)18-10-4-3-5-11-18/h3-7,9-11,14,16H,2,8,12-13,15H2,1H3,(H,26,31). The molecule has 5 rings (SSSR count). The van der Waals surface area contributed by atoms with Gasteiger partial charge in [0.15, 0.2) is 5.16 Å². The van der Waals surface area contributed by atoms with Gasteiger partial charge in [0.25, 0.3) is 0 Å². The Kier molecular flexibility index (Phi) is 5.77. The highest BCUT2D eigenvalue weighted by molar-refractivity contribution is 7.99. The molecule has 0 unspecified atom stereocenters. The number of nitrogens with zero attached hydrogens (tertiary/aromatic N) is 5. The maximum absolute atomic E-state index is 12.9. The number of thioether (sulfide) groups is 1. The molecule has 162 valence electrons. The molecule has 7 nitrogen and oxygen atoms in total. The average molecular weight is 445 g/mol. The van der Waals surface area contributed by atoms with Crippen LogP contribution < -0.4 is 5.32 Å². The van der Waals surface area contributed by atoms with Crippen LogP contribution >= 0.6 is 11.8 Å². The van der Waals surface area contributed by atoms with E-state index < -0.39 is 0 Å². The number of fused-ring (bicyclic) bond motifs is 1. The summed E-state index contributed by atoms with van der Waals surface area (Å²) < 4.78 is 3.80. The van der Waals surface area contributed by atoms with Crippen LogP contribution in [0.1, 0.15) is 30.2 Å². The topological polar surface area (TPSA) is 77.6 Å². The first-order valence-electron chi connectivity index (χ1n) is 10.8. The fraction of sp³-hybridized carbons (Fsp3) is 0.250. The predicted octanol–water partition coefficient (Wildman–Crippen LogP) is 4.23. The monoisotopic (exact) mass is 444 g/mol. The van der Waals surface area contributed by atoms with Crippen LogP contribution in [0.5, 0.6) is 0 Å². The highest BCUT2D eigenvalue weighted by atomic mass is 32.2. The molecule has 0 atom stereocenters. The van der Waals surface area contributed by atoms with E-state index in [-0.39, 0.29) is 11.7 Å². The van der Waals surface area contributed by atoms with Crippen molar-refractivity contribution < 1.29 is 4.79 Å². The van der Waals surface area contributed by atoms with Crippen LogP contribution in [-0.2, 0) is 24.1 Å². The SMILES string of the molecule is CCc1ccccc1-n1cnnc1SCC(=O)Nc1c2c(nn1-c1ccccc1)CCC2. The van der Waals surface area contributed by atoms with Gasteiger partial charge in [0.1, 0.15) is 12.1 Å². The average Bonchev–Trinajstić information content (AvgIpc) is 3.56. The number of anilines is 1. The van der Waals surface area contributed by atoms with E-state index >= 15 is 0 Å². The van der Waals surface area contributed by atoms with Crippen molar-refractivity contribution in [2.24, 2.45) is 0 Å². The van der Waals surface area contributed by atoms with Gasteiger partial charge in [-0.2, -0.15) is 5.10 Å². The fourth-order valence-electron chi connectivity index (χ4n) is 4.11. The molecule has 0 spiro atoms. The van der Waals surface area contributed by atoms with E-state index in [1.54, 1.807) is 6.33 Å². The van der Waals surface area contributed by atoms with Crippen molar-refractivity contribution in [3.05, 3.63) is 77.7 Å². The van der Waals surface area contributed by atoms with Crippen molar-refractivity contribution in [1.29, 1.82) is 0 Å². The van der Waals surface area contributed by atoms with E-state index in [1.807, 2.05) is 57.8 Å². The number of hydrogen-bond donors (Lipinski definition) is 1. The summed E-state index contributed by atoms with van der Waals surface area (Å²) in [5.74, 6) is 0.939. The molecule has 2 aromatic carbocycles. The predicted molar refractivity (Wildman–Crippen MR) is 126 cm³/mol. The summed E-state index contributed by atoms with van der Waals surface area (Å²) in [5.41, 5.74) is 5.42. The van der Waals surface area contributed by atoms with Crippen molar-refractivity contribution in [3.8, 4) is 11.4 Å². The molecule has 1 amide bonds. The first-order valence-corrected chi connectivity index (χ1v) is 11.8. The van der Waals surface area contributed by atoms with Gasteiger partial charge in [-0.1, -0.05) is 55.1 Å². The number of nitrogens with one attached hydrogen (secondary N) is 1. The smallest absolute Gasteiger partial charge is 0.236 e. The molecular formula is C24H24N6OS. The van der Waals surface area contributed by atoms with Crippen LogP contribution in [0.15, 0.2) is 66.1 Å². The lowest BCUT2D eigenvalue weighted by atomic mass is 10.1. The second-order valence-corrected chi connectivity index (χ2v) is 8.62. The van der Waals surface area contributed by atoms with Gasteiger partial charge in [0.05, 0.1) is 22.8 Å². The van der Waals surface area contributed by atoms with Crippen LogP contribution in [0.3, 0.4) is 0 Å². The highest BCUT2D eigenvalue weighted by Gasteiger charge is 2.24. The van der Waals surface area contributed by atoms with Crippen molar-refractivity contribution >= 4 is 23.5 Å². The first kappa shape index (κ1) is 20.5. The largest absolute Gasteiger partial charge is 0.310 e. The minimum absolute atomic E-state index is 0.0832. The van der Waals surface area contributed by atoms with Crippen LogP contribution in [0, 0.1) is 0 Å². The third-order valence-corrected chi connectivity index (χ3v) is 6.59. The van der Waals surface area contributed by atoms with Crippen molar-refractivity contribution in [2.75, 3.05) is 11.1 Å². The molecule has 0 saturated carbocycles. The molecule has 0 aliphatic heterocycles. The molecule has 1 aliphatic carbocycles. The third kappa shape index (κ3) is 3.93. The van der Waals surface area contributed by atoms with Gasteiger partial charge in [-0.15, -0.1) is 10.2 Å². The lowest BCUT2D eigenvalue weighted by Gasteiger charge is -2.12. The van der Waals surface area contributed by atoms with Crippen molar-refractivity contribution in [2.45, 2.75) is 37.8 Å². The van der Waals surface area contributed by atoms with E-state index in [0.29, 0.717) is 5.16 Å². The van der Waals surface area contributed by atoms with Gasteiger partial charge in [0, 0.05) is 5.56 Å². The zero-order valence-electron chi connectivity index (χ0n) is 17.9. The summed E-state index contributed by atoms with van der Waals surface area (Å²) in [5, 5.41) is 16.9. The minimum Gasteiger partial charge on any atom is -0.310 e. The zero-order chi connectivity index (χ0) is 21.9. The number of carbonyl (C=O) groups is 1. The summed E-state index contributed by atoms with van der Waals surface area (Å²) in [6.07, 6.45) is 5.57. The zero-order valence-corrected chi connectivity index (χ0v) is 18.7. The number of aromatic nitrogens is 5. The molecule has 0 saturated heterocycles. The summed E-state index contributed by atoms with van der Waals surface area (Å²) in [7, 11) is 0. The van der Waals surface area contributed by atoms with Crippen LogP contribution in [0.4, 0.5) is 5.82 Å². The maximum atomic E-state index is 12.9. The summed E-state index contributed by atoms with van der Waals surface area (Å²) in [6.45, 7) is 2.12. The summed E-state index contributed by atoms with van der Waals surface area (Å²) in [4.78, 5) is 12.9. The lowest BCUT2D eigenvalue weighted by molar-refractivity contribution is -0.113. The number of aryl methyl sites for hydroxylation is 2. The number of amides is 1. The molecule has 8 heteroatoms. The molecule has 0 fully saturated rings. The lowest BCUT2D eigenvalue weighted by Crippen LogP contribution is -2.18.